The van der Waals surface area contributed by atoms with Crippen LogP contribution in [0.25, 0.3) is 11.1 Å². The summed E-state index contributed by atoms with van der Waals surface area (Å²) in [6, 6.07) is 13.5. The molecule has 2 aliphatic rings. The molecule has 4 rings (SSSR count). The molecule has 0 aromatic heterocycles. The van der Waals surface area contributed by atoms with Gasteiger partial charge in [-0.1, -0.05) is 102 Å². The van der Waals surface area contributed by atoms with Crippen LogP contribution in [-0.2, 0) is 0 Å². The molecule has 4 unspecified atom stereocenters. The Hall–Kier alpha value is -1.96. The molecule has 2 nitrogen and oxygen atoms in total. The molecule has 2 aromatic rings. The molecular formula is C30H42O2. The third-order valence-corrected chi connectivity index (χ3v) is 8.31. The molecule has 0 saturated heterocycles. The molecule has 0 bridgehead atoms. The Morgan fingerprint density at radius 3 is 1.38 bits per heavy atom. The topological polar surface area (TPSA) is 18.5 Å². The monoisotopic (exact) mass is 434 g/mol. The normalized spacial score (nSPS) is 26.8. The molecule has 2 aromatic carbocycles. The van der Waals surface area contributed by atoms with E-state index in [-0.39, 0.29) is 0 Å². The van der Waals surface area contributed by atoms with Crippen LogP contribution in [0.4, 0.5) is 0 Å². The van der Waals surface area contributed by atoms with Gasteiger partial charge in [0.2, 0.25) is 0 Å². The Bertz CT molecular complexity index is 813. The van der Waals surface area contributed by atoms with E-state index in [2.05, 4.69) is 50.2 Å². The standard InChI is InChI=1S/C30H42O2/c1-21-13-7-5-9-15-23(21)25-17-11-19-27(29(25)31-3)28-20-12-18-26(30(28)32-4)24-16-10-6-8-14-22(24)2/h11-12,17-24H,5-10,13-16H2,1-4H3. The highest BCUT2D eigenvalue weighted by Crippen LogP contribution is 2.48. The summed E-state index contributed by atoms with van der Waals surface area (Å²) in [5.41, 5.74) is 5.13. The van der Waals surface area contributed by atoms with E-state index in [0.717, 1.165) is 11.5 Å². The third kappa shape index (κ3) is 4.70. The van der Waals surface area contributed by atoms with Gasteiger partial charge in [-0.15, -0.1) is 0 Å². The van der Waals surface area contributed by atoms with Gasteiger partial charge in [-0.2, -0.15) is 0 Å². The highest BCUT2D eigenvalue weighted by atomic mass is 16.5. The van der Waals surface area contributed by atoms with E-state index in [4.69, 9.17) is 9.47 Å². The van der Waals surface area contributed by atoms with Crippen molar-refractivity contribution in [2.75, 3.05) is 14.2 Å². The summed E-state index contributed by atoms with van der Waals surface area (Å²) in [6.07, 6.45) is 13.2. The van der Waals surface area contributed by atoms with Crippen molar-refractivity contribution in [3.05, 3.63) is 47.5 Å². The highest BCUT2D eigenvalue weighted by molar-refractivity contribution is 5.79. The molecule has 2 heteroatoms. The van der Waals surface area contributed by atoms with Crippen molar-refractivity contribution in [3.8, 4) is 22.6 Å². The van der Waals surface area contributed by atoms with Crippen molar-refractivity contribution < 1.29 is 9.47 Å². The van der Waals surface area contributed by atoms with Crippen molar-refractivity contribution in [1.82, 2.24) is 0 Å². The SMILES string of the molecule is COc1c(-c2cccc(C3CCCCCC3C)c2OC)cccc1C1CCCCCC1C. The zero-order chi connectivity index (χ0) is 22.5. The molecular weight excluding hydrogens is 392 g/mol. The Morgan fingerprint density at radius 2 is 0.969 bits per heavy atom. The lowest BCUT2D eigenvalue weighted by Gasteiger charge is -2.27. The van der Waals surface area contributed by atoms with Crippen LogP contribution in [0.3, 0.4) is 0 Å². The first kappa shape index (κ1) is 23.2. The maximum absolute atomic E-state index is 6.14. The first-order valence-electron chi connectivity index (χ1n) is 13.0. The summed E-state index contributed by atoms with van der Waals surface area (Å²) in [4.78, 5) is 0. The molecule has 174 valence electrons. The van der Waals surface area contributed by atoms with Gasteiger partial charge in [0, 0.05) is 11.1 Å². The van der Waals surface area contributed by atoms with E-state index >= 15 is 0 Å². The van der Waals surface area contributed by atoms with Crippen LogP contribution in [0, 0.1) is 11.8 Å². The zero-order valence-electron chi connectivity index (χ0n) is 20.7. The number of hydrogen-bond acceptors (Lipinski definition) is 2. The third-order valence-electron chi connectivity index (χ3n) is 8.31. The molecule has 4 atom stereocenters. The quantitative estimate of drug-likeness (QED) is 0.438. The summed E-state index contributed by atoms with van der Waals surface area (Å²) < 4.78 is 12.3. The lowest BCUT2D eigenvalue weighted by molar-refractivity contribution is 0.378. The zero-order valence-corrected chi connectivity index (χ0v) is 20.7. The number of ether oxygens (including phenoxy) is 2. The van der Waals surface area contributed by atoms with E-state index in [9.17, 15) is 0 Å². The Labute approximate surface area is 195 Å². The van der Waals surface area contributed by atoms with Crippen LogP contribution in [0.5, 0.6) is 11.5 Å². The van der Waals surface area contributed by atoms with Gasteiger partial charge in [0.15, 0.2) is 0 Å². The number of rotatable bonds is 5. The summed E-state index contributed by atoms with van der Waals surface area (Å²) in [7, 11) is 3.68. The molecule has 0 aliphatic heterocycles. The lowest BCUT2D eigenvalue weighted by atomic mass is 9.80. The molecule has 2 saturated carbocycles. The minimum absolute atomic E-state index is 0.573. The molecule has 0 amide bonds. The van der Waals surface area contributed by atoms with Crippen LogP contribution in [0.15, 0.2) is 36.4 Å². The first-order valence-corrected chi connectivity index (χ1v) is 13.0. The van der Waals surface area contributed by atoms with Crippen LogP contribution >= 0.6 is 0 Å². The second-order valence-corrected chi connectivity index (χ2v) is 10.3. The van der Waals surface area contributed by atoms with Gasteiger partial charge in [0.25, 0.3) is 0 Å². The van der Waals surface area contributed by atoms with Crippen LogP contribution < -0.4 is 9.47 Å². The number of hydrogen-bond donors (Lipinski definition) is 0. The fourth-order valence-electron chi connectivity index (χ4n) is 6.48. The number of benzene rings is 2. The van der Waals surface area contributed by atoms with Crippen molar-refractivity contribution in [2.45, 2.75) is 89.9 Å². The maximum Gasteiger partial charge on any atom is 0.130 e. The van der Waals surface area contributed by atoms with Crippen LogP contribution in [0.1, 0.15) is 101 Å². The van der Waals surface area contributed by atoms with E-state index < -0.39 is 0 Å². The van der Waals surface area contributed by atoms with E-state index in [1.54, 1.807) is 0 Å². The molecule has 2 aliphatic carbocycles. The van der Waals surface area contributed by atoms with Gasteiger partial charge in [-0.3, -0.25) is 0 Å². The summed E-state index contributed by atoms with van der Waals surface area (Å²) in [5, 5.41) is 0. The number of methoxy groups -OCH3 is 2. The van der Waals surface area contributed by atoms with Gasteiger partial charge >= 0.3 is 0 Å². The summed E-state index contributed by atoms with van der Waals surface area (Å²) in [6.45, 7) is 4.85. The van der Waals surface area contributed by atoms with Gasteiger partial charge < -0.3 is 9.47 Å². The second-order valence-electron chi connectivity index (χ2n) is 10.3. The predicted octanol–water partition coefficient (Wildman–Crippen LogP) is 8.74. The Balaban J connectivity index is 1.80. The smallest absolute Gasteiger partial charge is 0.130 e. The highest BCUT2D eigenvalue weighted by Gasteiger charge is 2.29. The lowest BCUT2D eigenvalue weighted by Crippen LogP contribution is -2.11. The van der Waals surface area contributed by atoms with Crippen LogP contribution in [0.2, 0.25) is 0 Å². The van der Waals surface area contributed by atoms with E-state index in [0.29, 0.717) is 23.7 Å². The molecule has 2 fully saturated rings. The number of para-hydroxylation sites is 2. The van der Waals surface area contributed by atoms with Gasteiger partial charge in [-0.25, -0.2) is 0 Å². The molecule has 0 radical (unpaired) electrons. The fraction of sp³-hybridized carbons (Fsp3) is 0.600. The maximum atomic E-state index is 6.14. The Kier molecular flexibility index (Phi) is 7.81. The molecule has 0 N–H and O–H groups in total. The van der Waals surface area contributed by atoms with Crippen molar-refractivity contribution >= 4 is 0 Å². The molecule has 0 heterocycles. The van der Waals surface area contributed by atoms with Crippen molar-refractivity contribution in [2.24, 2.45) is 11.8 Å². The van der Waals surface area contributed by atoms with Crippen molar-refractivity contribution in [3.63, 3.8) is 0 Å². The molecule has 32 heavy (non-hydrogen) atoms. The second kappa shape index (κ2) is 10.8. The minimum atomic E-state index is 0.573. The van der Waals surface area contributed by atoms with Gasteiger partial charge in [-0.05, 0) is 47.6 Å². The van der Waals surface area contributed by atoms with Crippen molar-refractivity contribution in [1.29, 1.82) is 0 Å². The fourth-order valence-corrected chi connectivity index (χ4v) is 6.48. The molecule has 0 spiro atoms. The minimum Gasteiger partial charge on any atom is -0.496 e. The summed E-state index contributed by atoms with van der Waals surface area (Å²) >= 11 is 0. The van der Waals surface area contributed by atoms with Crippen LogP contribution in [-0.4, -0.2) is 14.2 Å². The Morgan fingerprint density at radius 1 is 0.562 bits per heavy atom. The largest absolute Gasteiger partial charge is 0.496 e. The first-order chi connectivity index (χ1) is 15.7. The van der Waals surface area contributed by atoms with Gasteiger partial charge in [0.05, 0.1) is 14.2 Å². The van der Waals surface area contributed by atoms with Gasteiger partial charge in [0.1, 0.15) is 11.5 Å². The van der Waals surface area contributed by atoms with E-state index in [1.807, 2.05) is 14.2 Å². The average Bonchev–Trinajstić information content (AvgIpc) is 3.17. The average molecular weight is 435 g/mol. The summed E-state index contributed by atoms with van der Waals surface area (Å²) in [5.74, 6) is 4.64. The van der Waals surface area contributed by atoms with E-state index in [1.165, 1.54) is 86.5 Å². The predicted molar refractivity (Wildman–Crippen MR) is 135 cm³/mol.